The number of carbonyl (C=O) groups is 1. The summed E-state index contributed by atoms with van der Waals surface area (Å²) in [6.07, 6.45) is 1.83. The highest BCUT2D eigenvalue weighted by Crippen LogP contribution is 2.10. The average Bonchev–Trinajstić information content (AvgIpc) is 2.48. The molecule has 0 aliphatic rings. The van der Waals surface area contributed by atoms with Crippen molar-refractivity contribution in [3.05, 3.63) is 24.0 Å². The van der Waals surface area contributed by atoms with E-state index in [1.807, 2.05) is 19.3 Å². The van der Waals surface area contributed by atoms with Crippen LogP contribution in [0.25, 0.3) is 0 Å². The van der Waals surface area contributed by atoms with Crippen LogP contribution in [-0.4, -0.2) is 17.6 Å². The van der Waals surface area contributed by atoms with E-state index in [1.165, 1.54) is 7.11 Å². The number of aromatic nitrogens is 1. The van der Waals surface area contributed by atoms with Crippen molar-refractivity contribution in [2.24, 2.45) is 12.8 Å². The maximum absolute atomic E-state index is 11.0. The molecule has 0 aromatic carbocycles. The van der Waals surface area contributed by atoms with Crippen LogP contribution in [0.3, 0.4) is 0 Å². The van der Waals surface area contributed by atoms with Gasteiger partial charge in [0.1, 0.15) is 6.04 Å². The molecule has 0 fully saturated rings. The minimum absolute atomic E-state index is 0. The fraction of sp³-hybridized carbons (Fsp3) is 0.375. The molecule has 1 atom stereocenters. The molecule has 0 bridgehead atoms. The minimum atomic E-state index is -0.685. The molecular formula is C8H13ClN2O2. The number of halogens is 1. The molecule has 0 saturated carbocycles. The van der Waals surface area contributed by atoms with Crippen LogP contribution in [0.2, 0.25) is 0 Å². The van der Waals surface area contributed by atoms with E-state index >= 15 is 0 Å². The number of methoxy groups -OCH3 is 1. The van der Waals surface area contributed by atoms with E-state index in [1.54, 1.807) is 10.6 Å². The van der Waals surface area contributed by atoms with Crippen molar-refractivity contribution >= 4 is 18.4 Å². The Labute approximate surface area is 83.1 Å². The third-order valence-electron chi connectivity index (χ3n) is 1.76. The van der Waals surface area contributed by atoms with Crippen molar-refractivity contribution in [2.45, 2.75) is 6.04 Å². The number of ether oxygens (including phenoxy) is 1. The maximum atomic E-state index is 11.0. The Morgan fingerprint density at radius 2 is 2.31 bits per heavy atom. The summed E-state index contributed by atoms with van der Waals surface area (Å²) in [4.78, 5) is 11.0. The summed E-state index contributed by atoms with van der Waals surface area (Å²) in [7, 11) is 3.16. The first kappa shape index (κ1) is 12.0. The van der Waals surface area contributed by atoms with Crippen molar-refractivity contribution in [2.75, 3.05) is 7.11 Å². The number of rotatable bonds is 2. The zero-order valence-electron chi connectivity index (χ0n) is 7.56. The summed E-state index contributed by atoms with van der Waals surface area (Å²) < 4.78 is 6.31. The lowest BCUT2D eigenvalue weighted by Crippen LogP contribution is -2.24. The molecule has 0 radical (unpaired) electrons. The average molecular weight is 205 g/mol. The Morgan fingerprint density at radius 1 is 1.69 bits per heavy atom. The lowest BCUT2D eigenvalue weighted by atomic mass is 10.2. The molecule has 0 unspecified atom stereocenters. The summed E-state index contributed by atoms with van der Waals surface area (Å²) in [5.74, 6) is -0.420. The van der Waals surface area contributed by atoms with Gasteiger partial charge >= 0.3 is 5.97 Å². The second-order valence-corrected chi connectivity index (χ2v) is 2.54. The van der Waals surface area contributed by atoms with Gasteiger partial charge in [-0.05, 0) is 12.1 Å². The van der Waals surface area contributed by atoms with Crippen molar-refractivity contribution in [1.29, 1.82) is 0 Å². The van der Waals surface area contributed by atoms with Gasteiger partial charge in [0.25, 0.3) is 0 Å². The fourth-order valence-electron chi connectivity index (χ4n) is 1.05. The molecule has 0 aliphatic carbocycles. The van der Waals surface area contributed by atoms with Crippen LogP contribution in [0.1, 0.15) is 11.7 Å². The van der Waals surface area contributed by atoms with E-state index in [-0.39, 0.29) is 12.4 Å². The van der Waals surface area contributed by atoms with E-state index in [0.29, 0.717) is 0 Å². The summed E-state index contributed by atoms with van der Waals surface area (Å²) >= 11 is 0. The zero-order valence-corrected chi connectivity index (χ0v) is 8.38. The molecule has 4 nitrogen and oxygen atoms in total. The van der Waals surface area contributed by atoms with Gasteiger partial charge in [0.15, 0.2) is 0 Å². The molecule has 74 valence electrons. The van der Waals surface area contributed by atoms with E-state index in [0.717, 1.165) is 5.69 Å². The summed E-state index contributed by atoms with van der Waals surface area (Å²) in [5.41, 5.74) is 6.35. The molecule has 0 saturated heterocycles. The first-order valence-corrected chi connectivity index (χ1v) is 3.61. The van der Waals surface area contributed by atoms with Gasteiger partial charge in [0.2, 0.25) is 0 Å². The highest BCUT2D eigenvalue weighted by atomic mass is 35.5. The van der Waals surface area contributed by atoms with Crippen molar-refractivity contribution in [1.82, 2.24) is 4.57 Å². The number of carbonyl (C=O) groups excluding carboxylic acids is 1. The first-order valence-electron chi connectivity index (χ1n) is 3.61. The van der Waals surface area contributed by atoms with Gasteiger partial charge in [-0.15, -0.1) is 12.4 Å². The van der Waals surface area contributed by atoms with Crippen LogP contribution < -0.4 is 5.73 Å². The number of nitrogens with two attached hydrogens (primary N) is 1. The fourth-order valence-corrected chi connectivity index (χ4v) is 1.05. The Balaban J connectivity index is 0.00000144. The predicted molar refractivity (Wildman–Crippen MR) is 51.6 cm³/mol. The van der Waals surface area contributed by atoms with Gasteiger partial charge in [-0.3, -0.25) is 0 Å². The summed E-state index contributed by atoms with van der Waals surface area (Å²) in [6.45, 7) is 0. The molecule has 1 aromatic heterocycles. The van der Waals surface area contributed by atoms with Crippen molar-refractivity contribution in [3.63, 3.8) is 0 Å². The zero-order chi connectivity index (χ0) is 9.14. The molecule has 1 aromatic rings. The third-order valence-corrected chi connectivity index (χ3v) is 1.76. The van der Waals surface area contributed by atoms with Crippen LogP contribution in [0.4, 0.5) is 0 Å². The van der Waals surface area contributed by atoms with E-state index in [4.69, 9.17) is 5.73 Å². The normalized spacial score (nSPS) is 11.6. The van der Waals surface area contributed by atoms with E-state index in [2.05, 4.69) is 4.74 Å². The second kappa shape index (κ2) is 4.89. The highest BCUT2D eigenvalue weighted by molar-refractivity contribution is 5.85. The largest absolute Gasteiger partial charge is 0.468 e. The standard InChI is InChI=1S/C8H12N2O2.ClH/c1-10-5-3-4-6(10)7(9)8(11)12-2;/h3-5,7H,9H2,1-2H3;1H/t7-;/m1./s1. The molecule has 2 N–H and O–H groups in total. The van der Waals surface area contributed by atoms with Crippen LogP contribution in [-0.2, 0) is 16.6 Å². The highest BCUT2D eigenvalue weighted by Gasteiger charge is 2.17. The topological polar surface area (TPSA) is 57.2 Å². The molecule has 1 heterocycles. The third kappa shape index (κ3) is 2.47. The van der Waals surface area contributed by atoms with Crippen LogP contribution in [0, 0.1) is 0 Å². The van der Waals surface area contributed by atoms with Crippen LogP contribution >= 0.6 is 12.4 Å². The molecule has 13 heavy (non-hydrogen) atoms. The van der Waals surface area contributed by atoms with E-state index < -0.39 is 12.0 Å². The van der Waals surface area contributed by atoms with Gasteiger partial charge in [-0.2, -0.15) is 0 Å². The van der Waals surface area contributed by atoms with Crippen LogP contribution in [0.5, 0.6) is 0 Å². The summed E-state index contributed by atoms with van der Waals surface area (Å²) in [6, 6.07) is 2.94. The number of nitrogens with zero attached hydrogens (tertiary/aromatic N) is 1. The molecule has 1 rings (SSSR count). The molecule has 5 heteroatoms. The van der Waals surface area contributed by atoms with Crippen molar-refractivity contribution in [3.8, 4) is 0 Å². The van der Waals surface area contributed by atoms with Crippen molar-refractivity contribution < 1.29 is 9.53 Å². The molecule has 0 spiro atoms. The molecule has 0 amide bonds. The number of aryl methyl sites for hydroxylation is 1. The molecule has 0 aliphatic heterocycles. The number of esters is 1. The van der Waals surface area contributed by atoms with Crippen LogP contribution in [0.15, 0.2) is 18.3 Å². The second-order valence-electron chi connectivity index (χ2n) is 2.54. The lowest BCUT2D eigenvalue weighted by Gasteiger charge is -2.09. The lowest BCUT2D eigenvalue weighted by molar-refractivity contribution is -0.142. The smallest absolute Gasteiger partial charge is 0.328 e. The van der Waals surface area contributed by atoms with Gasteiger partial charge in [-0.25, -0.2) is 4.79 Å². The Morgan fingerprint density at radius 3 is 2.69 bits per heavy atom. The predicted octanol–water partition coefficient (Wildman–Crippen LogP) is 0.620. The van der Waals surface area contributed by atoms with Gasteiger partial charge in [0.05, 0.1) is 7.11 Å². The molecular weight excluding hydrogens is 192 g/mol. The Kier molecular flexibility index (Phi) is 4.51. The number of hydrogen-bond acceptors (Lipinski definition) is 3. The van der Waals surface area contributed by atoms with E-state index in [9.17, 15) is 4.79 Å². The number of hydrogen-bond donors (Lipinski definition) is 1. The van der Waals surface area contributed by atoms with Gasteiger partial charge < -0.3 is 15.0 Å². The Hall–Kier alpha value is -1.00. The SMILES string of the molecule is COC(=O)[C@H](N)c1cccn1C.Cl. The quantitative estimate of drug-likeness (QED) is 0.719. The van der Waals surface area contributed by atoms with Gasteiger partial charge in [0, 0.05) is 18.9 Å². The minimum Gasteiger partial charge on any atom is -0.468 e. The maximum Gasteiger partial charge on any atom is 0.328 e. The van der Waals surface area contributed by atoms with Gasteiger partial charge in [-0.1, -0.05) is 0 Å². The Bertz CT molecular complexity index is 285. The summed E-state index contributed by atoms with van der Waals surface area (Å²) in [5, 5.41) is 0. The first-order chi connectivity index (χ1) is 5.66. The monoisotopic (exact) mass is 204 g/mol.